The first-order chi connectivity index (χ1) is 15.4. The highest BCUT2D eigenvalue weighted by molar-refractivity contribution is 9.10. The Morgan fingerprint density at radius 3 is 2.24 bits per heavy atom. The van der Waals surface area contributed by atoms with Crippen LogP contribution in [-0.2, 0) is 16.9 Å². The van der Waals surface area contributed by atoms with Crippen LogP contribution in [-0.4, -0.2) is 31.9 Å². The minimum atomic E-state index is -1.36. The largest absolute Gasteiger partial charge is 0.598 e. The molecule has 0 aliphatic rings. The van der Waals surface area contributed by atoms with E-state index in [-0.39, 0.29) is 12.6 Å². The number of nitrogens with one attached hydrogen (secondary N) is 1. The normalized spacial score (nSPS) is 15.4. The Morgan fingerprint density at radius 1 is 1.18 bits per heavy atom. The lowest BCUT2D eigenvalue weighted by molar-refractivity contribution is 0.121. The standard InChI is InChI=1S/C26H35BrN2O3S/c1-19(2)18-26(22-10-8-7-9-11-22,28-33(32)25(4,5)6)16-17-29(24(30)31)20(3)21-12-14-23(27)15-13-21/h7-15,20,28H,1,16-18H2,2-6H3,(H,30,31)/t20?,26-,33?/m1/s1. The maximum absolute atomic E-state index is 13.2. The second-order valence-electron chi connectivity index (χ2n) is 9.52. The average Bonchev–Trinajstić information content (AvgIpc) is 2.73. The molecule has 2 unspecified atom stereocenters. The minimum absolute atomic E-state index is 0.267. The lowest BCUT2D eigenvalue weighted by atomic mass is 9.82. The maximum Gasteiger partial charge on any atom is 0.407 e. The van der Waals surface area contributed by atoms with Gasteiger partial charge < -0.3 is 14.6 Å². The van der Waals surface area contributed by atoms with Crippen LogP contribution in [0.1, 0.15) is 64.6 Å². The molecule has 180 valence electrons. The van der Waals surface area contributed by atoms with Gasteiger partial charge in [0.05, 0.1) is 11.6 Å². The highest BCUT2D eigenvalue weighted by Gasteiger charge is 2.41. The zero-order chi connectivity index (χ0) is 24.8. The molecule has 7 heteroatoms. The molecule has 0 saturated heterocycles. The third-order valence-corrected chi connectivity index (χ3v) is 7.84. The molecule has 0 aliphatic carbocycles. The van der Waals surface area contributed by atoms with Gasteiger partial charge in [-0.05, 0) is 70.7 Å². The van der Waals surface area contributed by atoms with Crippen LogP contribution >= 0.6 is 15.9 Å². The fraction of sp³-hybridized carbons (Fsp3) is 0.423. The van der Waals surface area contributed by atoms with E-state index >= 15 is 0 Å². The topological polar surface area (TPSA) is 75.6 Å². The number of amides is 1. The van der Waals surface area contributed by atoms with E-state index in [9.17, 15) is 14.5 Å². The molecule has 0 spiro atoms. The van der Waals surface area contributed by atoms with Gasteiger partial charge in [0.1, 0.15) is 4.75 Å². The third-order valence-electron chi connectivity index (χ3n) is 5.62. The van der Waals surface area contributed by atoms with Crippen LogP contribution in [0, 0.1) is 0 Å². The number of hydrogen-bond acceptors (Lipinski definition) is 3. The summed E-state index contributed by atoms with van der Waals surface area (Å²) >= 11 is 2.07. The molecule has 0 heterocycles. The number of nitrogens with zero attached hydrogens (tertiary/aromatic N) is 1. The van der Waals surface area contributed by atoms with Crippen molar-refractivity contribution in [2.45, 2.75) is 63.8 Å². The Morgan fingerprint density at radius 2 is 1.76 bits per heavy atom. The second-order valence-corrected chi connectivity index (χ2v) is 12.4. The second kappa shape index (κ2) is 11.6. The van der Waals surface area contributed by atoms with E-state index < -0.39 is 27.7 Å². The minimum Gasteiger partial charge on any atom is -0.598 e. The molecular weight excluding hydrogens is 500 g/mol. The number of halogens is 1. The predicted octanol–water partition coefficient (Wildman–Crippen LogP) is 6.79. The van der Waals surface area contributed by atoms with E-state index in [1.165, 1.54) is 4.90 Å². The lowest BCUT2D eigenvalue weighted by Gasteiger charge is -2.40. The molecule has 33 heavy (non-hydrogen) atoms. The maximum atomic E-state index is 13.2. The first-order valence-corrected chi connectivity index (χ1v) is 12.9. The van der Waals surface area contributed by atoms with Gasteiger partial charge in [0, 0.05) is 22.4 Å². The fourth-order valence-electron chi connectivity index (χ4n) is 3.77. The van der Waals surface area contributed by atoms with Crippen molar-refractivity contribution in [1.82, 2.24) is 9.62 Å². The molecule has 0 saturated carbocycles. The molecule has 2 aromatic carbocycles. The van der Waals surface area contributed by atoms with Crippen molar-refractivity contribution >= 4 is 33.4 Å². The Balaban J connectivity index is 2.43. The summed E-state index contributed by atoms with van der Waals surface area (Å²) in [7, 11) is 0. The molecular formula is C26H35BrN2O3S. The van der Waals surface area contributed by atoms with Crippen molar-refractivity contribution in [2.75, 3.05) is 6.54 Å². The van der Waals surface area contributed by atoms with E-state index in [1.54, 1.807) is 0 Å². The van der Waals surface area contributed by atoms with Crippen LogP contribution in [0.3, 0.4) is 0 Å². The first-order valence-electron chi connectivity index (χ1n) is 11.0. The summed E-state index contributed by atoms with van der Waals surface area (Å²) < 4.78 is 17.1. The summed E-state index contributed by atoms with van der Waals surface area (Å²) in [6.07, 6.45) is -0.00249. The van der Waals surface area contributed by atoms with Crippen LogP contribution in [0.2, 0.25) is 0 Å². The summed E-state index contributed by atoms with van der Waals surface area (Å²) in [5.74, 6) is 0. The van der Waals surface area contributed by atoms with E-state index in [4.69, 9.17) is 0 Å². The van der Waals surface area contributed by atoms with E-state index in [0.29, 0.717) is 12.8 Å². The van der Waals surface area contributed by atoms with Crippen molar-refractivity contribution in [2.24, 2.45) is 0 Å². The molecule has 0 fully saturated rings. The van der Waals surface area contributed by atoms with Crippen LogP contribution in [0.15, 0.2) is 71.2 Å². The van der Waals surface area contributed by atoms with Crippen LogP contribution in [0.25, 0.3) is 0 Å². The molecule has 0 bridgehead atoms. The first kappa shape index (κ1) is 27.4. The quantitative estimate of drug-likeness (QED) is 0.259. The predicted molar refractivity (Wildman–Crippen MR) is 140 cm³/mol. The van der Waals surface area contributed by atoms with Gasteiger partial charge in [-0.3, -0.25) is 0 Å². The molecule has 5 nitrogen and oxygen atoms in total. The Bertz CT molecular complexity index is 931. The molecule has 0 aliphatic heterocycles. The summed E-state index contributed by atoms with van der Waals surface area (Å²) in [5.41, 5.74) is 2.09. The Labute approximate surface area is 209 Å². The van der Waals surface area contributed by atoms with Gasteiger partial charge in [-0.1, -0.05) is 64.0 Å². The summed E-state index contributed by atoms with van der Waals surface area (Å²) in [6.45, 7) is 14.0. The van der Waals surface area contributed by atoms with Crippen LogP contribution in [0.4, 0.5) is 4.79 Å². The van der Waals surface area contributed by atoms with Gasteiger partial charge in [-0.2, -0.15) is 0 Å². The zero-order valence-corrected chi connectivity index (χ0v) is 22.5. The zero-order valence-electron chi connectivity index (χ0n) is 20.1. The SMILES string of the molecule is C=C(C)C[C@@](CCN(C(=O)O)C(C)c1ccc(Br)cc1)(N[S+]([O-])C(C)(C)C)c1ccccc1. The lowest BCUT2D eigenvalue weighted by Crippen LogP contribution is -2.53. The Kier molecular flexibility index (Phi) is 9.61. The van der Waals surface area contributed by atoms with Gasteiger partial charge in [0.2, 0.25) is 0 Å². The number of benzene rings is 2. The number of hydrogen-bond donors (Lipinski definition) is 2. The van der Waals surface area contributed by atoms with Gasteiger partial charge in [0.25, 0.3) is 0 Å². The van der Waals surface area contributed by atoms with Gasteiger partial charge in [0.15, 0.2) is 0 Å². The average molecular weight is 536 g/mol. The molecule has 3 atom stereocenters. The molecule has 1 amide bonds. The highest BCUT2D eigenvalue weighted by Crippen LogP contribution is 2.36. The molecule has 2 rings (SSSR count). The van der Waals surface area contributed by atoms with Crippen LogP contribution in [0.5, 0.6) is 0 Å². The highest BCUT2D eigenvalue weighted by atomic mass is 79.9. The van der Waals surface area contributed by atoms with Crippen molar-refractivity contribution in [3.05, 3.63) is 82.3 Å². The summed E-state index contributed by atoms with van der Waals surface area (Å²) in [6, 6.07) is 17.2. The fourth-order valence-corrected chi connectivity index (χ4v) is 4.99. The third kappa shape index (κ3) is 7.60. The monoisotopic (exact) mass is 534 g/mol. The van der Waals surface area contributed by atoms with Crippen molar-refractivity contribution in [1.29, 1.82) is 0 Å². The molecule has 2 N–H and O–H groups in total. The smallest absolute Gasteiger partial charge is 0.407 e. The van der Waals surface area contributed by atoms with E-state index in [2.05, 4.69) is 27.2 Å². The number of carbonyl (C=O) groups is 1. The van der Waals surface area contributed by atoms with Crippen LogP contribution < -0.4 is 4.72 Å². The van der Waals surface area contributed by atoms with Gasteiger partial charge >= 0.3 is 6.09 Å². The Hall–Kier alpha value is -1.80. The van der Waals surface area contributed by atoms with Crippen molar-refractivity contribution in [3.63, 3.8) is 0 Å². The molecule has 0 radical (unpaired) electrons. The summed E-state index contributed by atoms with van der Waals surface area (Å²) in [4.78, 5) is 13.7. The molecule has 0 aromatic heterocycles. The van der Waals surface area contributed by atoms with Gasteiger partial charge in [-0.15, -0.1) is 11.3 Å². The van der Waals surface area contributed by atoms with E-state index in [0.717, 1.165) is 21.2 Å². The number of carboxylic acid groups (broad SMARTS) is 1. The van der Waals surface area contributed by atoms with Crippen molar-refractivity contribution < 1.29 is 14.5 Å². The van der Waals surface area contributed by atoms with Crippen molar-refractivity contribution in [3.8, 4) is 0 Å². The van der Waals surface area contributed by atoms with Gasteiger partial charge in [-0.25, -0.2) is 4.79 Å². The number of rotatable bonds is 10. The van der Waals surface area contributed by atoms with E-state index in [1.807, 2.05) is 89.2 Å². The summed E-state index contributed by atoms with van der Waals surface area (Å²) in [5, 5.41) is 10.0. The molecule has 2 aromatic rings.